The van der Waals surface area contributed by atoms with Gasteiger partial charge in [-0.1, -0.05) is 11.6 Å². The highest BCUT2D eigenvalue weighted by Crippen LogP contribution is 2.20. The van der Waals surface area contributed by atoms with Gasteiger partial charge in [0, 0.05) is 18.6 Å². The summed E-state index contributed by atoms with van der Waals surface area (Å²) in [5, 5.41) is 0.0471. The van der Waals surface area contributed by atoms with Crippen LogP contribution in [-0.4, -0.2) is 18.5 Å². The second-order valence-electron chi connectivity index (χ2n) is 4.58. The Kier molecular flexibility index (Phi) is 4.72. The third-order valence-electron chi connectivity index (χ3n) is 3.20. The second-order valence-corrected chi connectivity index (χ2v) is 4.99. The van der Waals surface area contributed by atoms with Crippen LogP contribution >= 0.6 is 11.6 Å². The molecule has 4 heteroatoms. The molecule has 1 unspecified atom stereocenters. The van der Waals surface area contributed by atoms with E-state index in [1.165, 1.54) is 12.1 Å². The Morgan fingerprint density at radius 1 is 1.50 bits per heavy atom. The second kappa shape index (κ2) is 6.30. The number of carbonyl (C=O) groups is 1. The Labute approximate surface area is 111 Å². The molecule has 2 rings (SSSR count). The summed E-state index contributed by atoms with van der Waals surface area (Å²) in [4.78, 5) is 11.8. The topological polar surface area (TPSA) is 26.3 Å². The van der Waals surface area contributed by atoms with Crippen LogP contribution < -0.4 is 0 Å². The first-order valence-electron chi connectivity index (χ1n) is 6.26. The van der Waals surface area contributed by atoms with Crippen LogP contribution in [0.25, 0.3) is 0 Å². The molecule has 0 bridgehead atoms. The molecule has 0 saturated carbocycles. The van der Waals surface area contributed by atoms with Gasteiger partial charge in [0.25, 0.3) is 0 Å². The highest BCUT2D eigenvalue weighted by atomic mass is 35.5. The first-order valence-corrected chi connectivity index (χ1v) is 6.64. The fourth-order valence-electron chi connectivity index (χ4n) is 2.18. The quantitative estimate of drug-likeness (QED) is 0.756. The molecule has 0 radical (unpaired) electrons. The smallest absolute Gasteiger partial charge is 0.162 e. The molecule has 1 saturated heterocycles. The van der Waals surface area contributed by atoms with Crippen molar-refractivity contribution in [1.82, 2.24) is 0 Å². The SMILES string of the molecule is O=C(CCCC1CCCO1)c1ccc(Cl)c(F)c1. The van der Waals surface area contributed by atoms with Gasteiger partial charge in [0.05, 0.1) is 11.1 Å². The molecule has 18 heavy (non-hydrogen) atoms. The molecule has 0 aromatic heterocycles. The fraction of sp³-hybridized carbons (Fsp3) is 0.500. The van der Waals surface area contributed by atoms with Gasteiger partial charge < -0.3 is 4.74 Å². The number of ether oxygens (including phenoxy) is 1. The first-order chi connectivity index (χ1) is 8.66. The molecule has 1 aromatic rings. The Balaban J connectivity index is 1.81. The van der Waals surface area contributed by atoms with Gasteiger partial charge in [-0.3, -0.25) is 4.79 Å². The minimum atomic E-state index is -0.540. The molecule has 1 atom stereocenters. The molecule has 0 spiro atoms. The summed E-state index contributed by atoms with van der Waals surface area (Å²) in [7, 11) is 0. The van der Waals surface area contributed by atoms with Crippen LogP contribution in [0.15, 0.2) is 18.2 Å². The molecular formula is C14H16ClFO2. The maximum absolute atomic E-state index is 13.2. The summed E-state index contributed by atoms with van der Waals surface area (Å²) >= 11 is 5.57. The summed E-state index contributed by atoms with van der Waals surface area (Å²) in [6.45, 7) is 0.834. The van der Waals surface area contributed by atoms with Crippen LogP contribution in [0.4, 0.5) is 4.39 Å². The standard InChI is InChI=1S/C14H16ClFO2/c15-12-7-6-10(9-13(12)16)14(17)5-1-3-11-4-2-8-18-11/h6-7,9,11H,1-5,8H2. The van der Waals surface area contributed by atoms with Crippen molar-refractivity contribution in [2.75, 3.05) is 6.61 Å². The highest BCUT2D eigenvalue weighted by Gasteiger charge is 2.16. The summed E-state index contributed by atoms with van der Waals surface area (Å²) < 4.78 is 18.7. The number of hydrogen-bond donors (Lipinski definition) is 0. The number of ketones is 1. The van der Waals surface area contributed by atoms with Crippen molar-refractivity contribution in [3.8, 4) is 0 Å². The number of rotatable bonds is 5. The van der Waals surface area contributed by atoms with Crippen molar-refractivity contribution in [3.63, 3.8) is 0 Å². The molecular weight excluding hydrogens is 255 g/mol. The molecule has 1 aromatic carbocycles. The van der Waals surface area contributed by atoms with Crippen LogP contribution in [-0.2, 0) is 4.74 Å². The van der Waals surface area contributed by atoms with E-state index in [9.17, 15) is 9.18 Å². The summed E-state index contributed by atoms with van der Waals surface area (Å²) in [6, 6.07) is 4.20. The maximum atomic E-state index is 13.2. The molecule has 0 amide bonds. The van der Waals surface area contributed by atoms with E-state index in [1.807, 2.05) is 0 Å². The van der Waals surface area contributed by atoms with Crippen molar-refractivity contribution in [2.24, 2.45) is 0 Å². The van der Waals surface area contributed by atoms with E-state index < -0.39 is 5.82 Å². The Hall–Kier alpha value is -0.930. The van der Waals surface area contributed by atoms with E-state index in [-0.39, 0.29) is 10.8 Å². The van der Waals surface area contributed by atoms with Crippen molar-refractivity contribution >= 4 is 17.4 Å². The molecule has 1 heterocycles. The third-order valence-corrected chi connectivity index (χ3v) is 3.50. The van der Waals surface area contributed by atoms with Gasteiger partial charge in [-0.2, -0.15) is 0 Å². The van der Waals surface area contributed by atoms with E-state index in [4.69, 9.17) is 16.3 Å². The molecule has 98 valence electrons. The lowest BCUT2D eigenvalue weighted by atomic mass is 10.0. The Morgan fingerprint density at radius 3 is 3.00 bits per heavy atom. The minimum absolute atomic E-state index is 0.0384. The maximum Gasteiger partial charge on any atom is 0.162 e. The predicted molar refractivity (Wildman–Crippen MR) is 68.6 cm³/mol. The van der Waals surface area contributed by atoms with E-state index in [0.717, 1.165) is 32.3 Å². The first kappa shape index (κ1) is 13.5. The summed E-state index contributed by atoms with van der Waals surface area (Å²) in [5.41, 5.74) is 0.393. The van der Waals surface area contributed by atoms with Gasteiger partial charge in [-0.15, -0.1) is 0 Å². The van der Waals surface area contributed by atoms with Gasteiger partial charge in [-0.25, -0.2) is 4.39 Å². The molecule has 1 aliphatic heterocycles. The van der Waals surface area contributed by atoms with Gasteiger partial charge in [0.15, 0.2) is 5.78 Å². The van der Waals surface area contributed by atoms with Gasteiger partial charge in [0.1, 0.15) is 5.82 Å². The number of halogens is 2. The van der Waals surface area contributed by atoms with E-state index >= 15 is 0 Å². The van der Waals surface area contributed by atoms with Gasteiger partial charge in [0.2, 0.25) is 0 Å². The largest absolute Gasteiger partial charge is 0.378 e. The van der Waals surface area contributed by atoms with Crippen molar-refractivity contribution in [1.29, 1.82) is 0 Å². The van der Waals surface area contributed by atoms with Crippen LogP contribution in [0.3, 0.4) is 0 Å². The van der Waals surface area contributed by atoms with Crippen molar-refractivity contribution in [3.05, 3.63) is 34.6 Å². The van der Waals surface area contributed by atoms with Crippen molar-refractivity contribution < 1.29 is 13.9 Å². The van der Waals surface area contributed by atoms with E-state index in [0.29, 0.717) is 18.1 Å². The number of Topliss-reactive ketones (excluding diaryl/α,β-unsaturated/α-hetero) is 1. The zero-order chi connectivity index (χ0) is 13.0. The summed E-state index contributed by atoms with van der Waals surface area (Å²) in [6.07, 6.45) is 4.63. The molecule has 0 aliphatic carbocycles. The molecule has 0 N–H and O–H groups in total. The van der Waals surface area contributed by atoms with Crippen LogP contribution in [0.2, 0.25) is 5.02 Å². The lowest BCUT2D eigenvalue weighted by Gasteiger charge is -2.08. The molecule has 1 fully saturated rings. The summed E-state index contributed by atoms with van der Waals surface area (Å²) in [5.74, 6) is -0.579. The minimum Gasteiger partial charge on any atom is -0.378 e. The average molecular weight is 271 g/mol. The van der Waals surface area contributed by atoms with Crippen LogP contribution in [0.1, 0.15) is 42.5 Å². The number of carbonyl (C=O) groups excluding carboxylic acids is 1. The molecule has 1 aliphatic rings. The molecule has 2 nitrogen and oxygen atoms in total. The lowest BCUT2D eigenvalue weighted by molar-refractivity contribution is 0.0922. The monoisotopic (exact) mass is 270 g/mol. The average Bonchev–Trinajstić information content (AvgIpc) is 2.85. The van der Waals surface area contributed by atoms with E-state index in [1.54, 1.807) is 6.07 Å². The Bertz CT molecular complexity index is 428. The zero-order valence-corrected chi connectivity index (χ0v) is 10.9. The zero-order valence-electron chi connectivity index (χ0n) is 10.1. The van der Waals surface area contributed by atoms with Gasteiger partial charge >= 0.3 is 0 Å². The van der Waals surface area contributed by atoms with Crippen LogP contribution in [0.5, 0.6) is 0 Å². The highest BCUT2D eigenvalue weighted by molar-refractivity contribution is 6.30. The normalized spacial score (nSPS) is 19.1. The van der Waals surface area contributed by atoms with Crippen LogP contribution in [0, 0.1) is 5.82 Å². The van der Waals surface area contributed by atoms with E-state index in [2.05, 4.69) is 0 Å². The fourth-order valence-corrected chi connectivity index (χ4v) is 2.29. The van der Waals surface area contributed by atoms with Crippen molar-refractivity contribution in [2.45, 2.75) is 38.2 Å². The third kappa shape index (κ3) is 3.53. The lowest BCUT2D eigenvalue weighted by Crippen LogP contribution is -2.06. The van der Waals surface area contributed by atoms with Gasteiger partial charge in [-0.05, 0) is 43.9 Å². The predicted octanol–water partition coefficient (Wildman–Crippen LogP) is 4.01. The number of benzene rings is 1. The number of hydrogen-bond acceptors (Lipinski definition) is 2. The Morgan fingerprint density at radius 2 is 2.33 bits per heavy atom.